The summed E-state index contributed by atoms with van der Waals surface area (Å²) in [4.78, 5) is 34.0. The lowest BCUT2D eigenvalue weighted by molar-refractivity contribution is 0.259. The maximum atomic E-state index is 13.8. The second kappa shape index (κ2) is 25.5. The molecule has 11 heteroatoms. The molecular formula is C30H51O7PS3. The molecule has 0 aromatic rings. The maximum absolute atomic E-state index is 13.8. The van der Waals surface area contributed by atoms with Crippen molar-refractivity contribution < 1.29 is 33.2 Å². The van der Waals surface area contributed by atoms with Crippen LogP contribution in [0.3, 0.4) is 0 Å². The van der Waals surface area contributed by atoms with Crippen molar-refractivity contribution in [3.63, 3.8) is 0 Å². The van der Waals surface area contributed by atoms with E-state index in [4.69, 9.17) is 14.2 Å². The minimum absolute atomic E-state index is 0.00316. The van der Waals surface area contributed by atoms with Crippen LogP contribution in [-0.4, -0.2) is 35.6 Å². The Hall–Kier alpha value is -0.970. The third-order valence-corrected chi connectivity index (χ3v) is 17.1. The Labute approximate surface area is 260 Å². The number of ether oxygens (including phenoxy) is 3. The lowest BCUT2D eigenvalue weighted by atomic mass is 10.1. The molecule has 0 saturated carbocycles. The molecule has 0 aliphatic rings. The molecule has 0 amide bonds. The van der Waals surface area contributed by atoms with Crippen molar-refractivity contribution in [1.82, 2.24) is 0 Å². The molecule has 0 bridgehead atoms. The molecule has 0 rings (SSSR count). The molecule has 0 spiro atoms. The van der Waals surface area contributed by atoms with E-state index in [1.807, 2.05) is 17.8 Å². The van der Waals surface area contributed by atoms with Gasteiger partial charge in [0.2, 0.25) is 0 Å². The van der Waals surface area contributed by atoms with Crippen LogP contribution in [0.15, 0.2) is 17.3 Å². The van der Waals surface area contributed by atoms with Gasteiger partial charge in [-0.2, -0.15) is 0 Å². The topological polar surface area (TPSA) is 96.0 Å². The minimum atomic E-state index is -3.11. The molecule has 0 atom stereocenters. The molecule has 0 saturated heterocycles. The Kier molecular flexibility index (Phi) is 24.9. The Morgan fingerprint density at radius 3 is 1.02 bits per heavy atom. The zero-order chi connectivity index (χ0) is 30.9. The van der Waals surface area contributed by atoms with Gasteiger partial charge in [0.1, 0.15) is 17.8 Å². The predicted octanol–water partition coefficient (Wildman–Crippen LogP) is 10.0. The highest BCUT2D eigenvalue weighted by atomic mass is 33.4. The average Bonchev–Trinajstić information content (AvgIpc) is 2.92. The molecular weight excluding hydrogens is 599 g/mol. The van der Waals surface area contributed by atoms with E-state index < -0.39 is 4.75 Å². The zero-order valence-corrected chi connectivity index (χ0v) is 29.2. The largest absolute Gasteiger partial charge is 0.475 e. The smallest absolute Gasteiger partial charge is 0.253 e. The van der Waals surface area contributed by atoms with Gasteiger partial charge in [0, 0.05) is 19.3 Å². The summed E-state index contributed by atoms with van der Waals surface area (Å²) in [5.41, 5.74) is 0. The van der Waals surface area contributed by atoms with Crippen LogP contribution in [0, 0.1) is 17.8 Å². The van der Waals surface area contributed by atoms with E-state index in [0.717, 1.165) is 91.9 Å². The first kappa shape index (κ1) is 40.0. The summed E-state index contributed by atoms with van der Waals surface area (Å²) < 4.78 is 27.4. The number of carbonyl (C=O) groups excluding carboxylic acids is 3. The van der Waals surface area contributed by atoms with Gasteiger partial charge in [-0.15, -0.1) is 0 Å². The summed E-state index contributed by atoms with van der Waals surface area (Å²) in [5.74, 6) is 8.03. The number of unbranched alkanes of at least 4 members (excludes halogenated alkanes) is 3. The summed E-state index contributed by atoms with van der Waals surface area (Å²) in [7, 11) is 0. The van der Waals surface area contributed by atoms with Crippen molar-refractivity contribution in [2.45, 2.75) is 119 Å². The van der Waals surface area contributed by atoms with Gasteiger partial charge < -0.3 is 14.2 Å². The third kappa shape index (κ3) is 24.2. The number of rotatable bonds is 27. The summed E-state index contributed by atoms with van der Waals surface area (Å²) in [6.07, 6.45) is 10.1. The van der Waals surface area contributed by atoms with Crippen molar-refractivity contribution in [3.05, 3.63) is 17.3 Å². The van der Waals surface area contributed by atoms with E-state index in [-0.39, 0.29) is 35.1 Å². The van der Waals surface area contributed by atoms with Crippen LogP contribution in [0.25, 0.3) is 0 Å². The molecule has 0 radical (unpaired) electrons. The minimum Gasteiger partial charge on any atom is -0.475 e. The first-order valence-corrected chi connectivity index (χ1v) is 21.2. The number of hydrogen-bond acceptors (Lipinski definition) is 10. The number of hydrogen-bond donors (Lipinski definition) is 0. The van der Waals surface area contributed by atoms with Crippen LogP contribution in [-0.2, 0) is 33.2 Å². The van der Waals surface area contributed by atoms with Gasteiger partial charge in [-0.25, -0.2) is 14.4 Å². The summed E-state index contributed by atoms with van der Waals surface area (Å²) in [6, 6.07) is 0. The molecule has 0 N–H and O–H groups in total. The molecule has 0 aromatic heterocycles. The quantitative estimate of drug-likeness (QED) is 0.0281. The molecule has 7 nitrogen and oxygen atoms in total. The van der Waals surface area contributed by atoms with Crippen LogP contribution >= 0.6 is 38.9 Å². The molecule has 236 valence electrons. The van der Waals surface area contributed by atoms with Crippen LogP contribution in [0.4, 0.5) is 0 Å². The van der Waals surface area contributed by atoms with E-state index in [1.54, 1.807) is 0 Å². The maximum Gasteiger partial charge on any atom is 0.253 e. The fourth-order valence-electron chi connectivity index (χ4n) is 3.57. The molecule has 0 aliphatic heterocycles. The van der Waals surface area contributed by atoms with Gasteiger partial charge in [-0.3, -0.25) is 4.57 Å². The second-order valence-electron chi connectivity index (χ2n) is 11.1. The van der Waals surface area contributed by atoms with Crippen molar-refractivity contribution in [2.24, 2.45) is 17.8 Å². The third-order valence-electron chi connectivity index (χ3n) is 5.98. The summed E-state index contributed by atoms with van der Waals surface area (Å²) in [6.45, 7) is 12.9. The lowest BCUT2D eigenvalue weighted by Crippen LogP contribution is -1.97. The molecule has 0 heterocycles. The van der Waals surface area contributed by atoms with Crippen LogP contribution in [0.5, 0.6) is 0 Å². The second-order valence-corrected chi connectivity index (χ2v) is 22.5. The fourth-order valence-corrected chi connectivity index (χ4v) is 11.4. The first-order valence-electron chi connectivity index (χ1n) is 14.7. The lowest BCUT2D eigenvalue weighted by Gasteiger charge is -2.17. The van der Waals surface area contributed by atoms with Gasteiger partial charge >= 0.3 is 0 Å². The van der Waals surface area contributed by atoms with E-state index in [1.165, 1.54) is 0 Å². The Morgan fingerprint density at radius 1 is 0.537 bits per heavy atom. The zero-order valence-electron chi connectivity index (χ0n) is 25.9. The van der Waals surface area contributed by atoms with Crippen molar-refractivity contribution >= 4 is 56.7 Å². The molecule has 41 heavy (non-hydrogen) atoms. The van der Waals surface area contributed by atoms with Gasteiger partial charge in [0.15, 0.2) is 35.1 Å². The molecule has 0 aliphatic carbocycles. The standard InChI is InChI=1S/C30H51O7PS3/c1-25(2)13-7-10-16-28(19-31)35-22-39-38(34,40-23-36-29(20-32)17-11-8-14-26(3)4)41-24-37-30(21-33)18-12-9-15-27(5)6/h25-27H,7-18,22-24H2,1-6H3. The Morgan fingerprint density at radius 2 is 0.805 bits per heavy atom. The van der Waals surface area contributed by atoms with Crippen molar-refractivity contribution in [1.29, 1.82) is 0 Å². The normalized spacial score (nSPS) is 12.4. The van der Waals surface area contributed by atoms with E-state index in [0.29, 0.717) is 37.0 Å². The molecule has 0 aromatic carbocycles. The SMILES string of the molecule is CC(C)CCCCC(=C=O)OCSP(=O)(SCOC(=C=O)CCCCC(C)C)SCOC(=C=O)CCCCC(C)C. The number of allylic oxidation sites excluding steroid dienone is 3. The van der Waals surface area contributed by atoms with Crippen molar-refractivity contribution in [2.75, 3.05) is 17.8 Å². The molecule has 0 fully saturated rings. The van der Waals surface area contributed by atoms with Crippen molar-refractivity contribution in [3.8, 4) is 0 Å². The van der Waals surface area contributed by atoms with Gasteiger partial charge in [-0.1, -0.05) is 80.1 Å². The fraction of sp³-hybridized carbons (Fsp3) is 0.800. The van der Waals surface area contributed by atoms with Gasteiger partial charge in [-0.05, 0) is 71.2 Å². The highest BCUT2D eigenvalue weighted by molar-refractivity contribution is 9.14. The highest BCUT2D eigenvalue weighted by Crippen LogP contribution is 2.78. The first-order chi connectivity index (χ1) is 19.5. The van der Waals surface area contributed by atoms with E-state index >= 15 is 0 Å². The summed E-state index contributed by atoms with van der Waals surface area (Å²) in [5, 5.41) is 0. The Balaban J connectivity index is 4.97. The average molecular weight is 651 g/mol. The molecule has 0 unspecified atom stereocenters. The van der Waals surface area contributed by atoms with E-state index in [2.05, 4.69) is 41.5 Å². The monoisotopic (exact) mass is 650 g/mol. The highest BCUT2D eigenvalue weighted by Gasteiger charge is 2.27. The van der Waals surface area contributed by atoms with Crippen LogP contribution in [0.2, 0.25) is 0 Å². The van der Waals surface area contributed by atoms with Gasteiger partial charge in [0.25, 0.3) is 4.75 Å². The summed E-state index contributed by atoms with van der Waals surface area (Å²) >= 11 is 3.19. The van der Waals surface area contributed by atoms with Gasteiger partial charge in [0.05, 0.1) is 0 Å². The van der Waals surface area contributed by atoms with Crippen LogP contribution < -0.4 is 0 Å². The predicted molar refractivity (Wildman–Crippen MR) is 176 cm³/mol. The van der Waals surface area contributed by atoms with E-state index in [9.17, 15) is 18.9 Å². The Bertz CT molecular complexity index is 790. The van der Waals surface area contributed by atoms with Crippen LogP contribution in [0.1, 0.15) is 119 Å².